The summed E-state index contributed by atoms with van der Waals surface area (Å²) in [5.74, 6) is 4.04. The highest BCUT2D eigenvalue weighted by Crippen LogP contribution is 2.65. The van der Waals surface area contributed by atoms with Crippen LogP contribution in [0.15, 0.2) is 0 Å². The quantitative estimate of drug-likeness (QED) is 0.701. The van der Waals surface area contributed by atoms with Crippen LogP contribution in [0.4, 0.5) is 0 Å². The van der Waals surface area contributed by atoms with Crippen molar-refractivity contribution in [1.29, 1.82) is 0 Å². The lowest BCUT2D eigenvalue weighted by Crippen LogP contribution is -2.44. The summed E-state index contributed by atoms with van der Waals surface area (Å²) in [5.41, 5.74) is -0.231. The van der Waals surface area contributed by atoms with E-state index in [0.717, 1.165) is 23.7 Å². The maximum atomic E-state index is 11.9. The largest absolute Gasteiger partial charge is 0.353 e. The molecule has 1 N–H and O–H groups in total. The zero-order valence-electron chi connectivity index (χ0n) is 9.92. The van der Waals surface area contributed by atoms with E-state index in [0.29, 0.717) is 6.04 Å². The van der Waals surface area contributed by atoms with Crippen LogP contribution in [-0.4, -0.2) is 11.9 Å². The van der Waals surface area contributed by atoms with Crippen LogP contribution in [-0.2, 0) is 4.79 Å². The zero-order valence-corrected chi connectivity index (χ0v) is 9.92. The van der Waals surface area contributed by atoms with E-state index < -0.39 is 0 Å². The first-order valence-electron chi connectivity index (χ1n) is 6.28. The molecule has 5 atom stereocenters. The summed E-state index contributed by atoms with van der Waals surface area (Å²) < 4.78 is 0. The predicted molar refractivity (Wildman–Crippen MR) is 59.2 cm³/mol. The van der Waals surface area contributed by atoms with Crippen molar-refractivity contribution in [2.75, 3.05) is 0 Å². The van der Waals surface area contributed by atoms with Crippen molar-refractivity contribution in [2.24, 2.45) is 29.1 Å². The van der Waals surface area contributed by atoms with Crippen molar-refractivity contribution in [3.8, 4) is 0 Å². The van der Waals surface area contributed by atoms with E-state index in [1.165, 1.54) is 19.3 Å². The predicted octanol–water partition coefficient (Wildman–Crippen LogP) is 2.19. The van der Waals surface area contributed by atoms with E-state index in [4.69, 9.17) is 0 Å². The van der Waals surface area contributed by atoms with Crippen LogP contribution in [0, 0.1) is 29.1 Å². The van der Waals surface area contributed by atoms with E-state index >= 15 is 0 Å². The molecule has 0 aromatic carbocycles. The molecule has 3 aliphatic rings. The van der Waals surface area contributed by atoms with Gasteiger partial charge in [0.2, 0.25) is 5.91 Å². The van der Waals surface area contributed by atoms with Crippen LogP contribution in [0.1, 0.15) is 40.0 Å². The molecule has 5 unspecified atom stereocenters. The molecule has 3 fully saturated rings. The van der Waals surface area contributed by atoms with Gasteiger partial charge in [-0.3, -0.25) is 4.79 Å². The van der Waals surface area contributed by atoms with Gasteiger partial charge in [-0.25, -0.2) is 0 Å². The van der Waals surface area contributed by atoms with Gasteiger partial charge in [-0.1, -0.05) is 20.8 Å². The molecule has 2 heteroatoms. The van der Waals surface area contributed by atoms with Gasteiger partial charge in [0.25, 0.3) is 0 Å². The van der Waals surface area contributed by atoms with Gasteiger partial charge in [0.05, 0.1) is 0 Å². The Morgan fingerprint density at radius 2 is 1.80 bits per heavy atom. The lowest BCUT2D eigenvalue weighted by atomic mass is 9.91. The average Bonchev–Trinajstić information content (AvgIpc) is 2.74. The van der Waals surface area contributed by atoms with Crippen molar-refractivity contribution in [2.45, 2.75) is 46.1 Å². The molecule has 0 aliphatic heterocycles. The van der Waals surface area contributed by atoms with E-state index in [1.807, 2.05) is 20.8 Å². The van der Waals surface area contributed by atoms with Gasteiger partial charge in [-0.05, 0) is 42.9 Å². The van der Waals surface area contributed by atoms with E-state index in [-0.39, 0.29) is 11.3 Å². The van der Waals surface area contributed by atoms with Gasteiger partial charge in [-0.15, -0.1) is 0 Å². The van der Waals surface area contributed by atoms with Crippen LogP contribution in [0.25, 0.3) is 0 Å². The summed E-state index contributed by atoms with van der Waals surface area (Å²) in [6.45, 7) is 5.99. The van der Waals surface area contributed by atoms with Gasteiger partial charge in [0, 0.05) is 11.5 Å². The van der Waals surface area contributed by atoms with Crippen molar-refractivity contribution < 1.29 is 4.79 Å². The maximum Gasteiger partial charge on any atom is 0.225 e. The third-order valence-electron chi connectivity index (χ3n) is 4.69. The second kappa shape index (κ2) is 2.78. The molecule has 3 aliphatic carbocycles. The highest BCUT2D eigenvalue weighted by atomic mass is 16.2. The summed E-state index contributed by atoms with van der Waals surface area (Å²) in [6, 6.07) is 0.505. The second-order valence-electron chi connectivity index (χ2n) is 6.79. The highest BCUT2D eigenvalue weighted by Gasteiger charge is 2.61. The average molecular weight is 207 g/mol. The summed E-state index contributed by atoms with van der Waals surface area (Å²) in [4.78, 5) is 11.9. The molecule has 0 spiro atoms. The molecule has 1 amide bonds. The Hall–Kier alpha value is -0.530. The Morgan fingerprint density at radius 1 is 1.07 bits per heavy atom. The fourth-order valence-corrected chi connectivity index (χ4v) is 3.75. The number of fused-ring (bicyclic) bond motifs is 5. The first-order valence-corrected chi connectivity index (χ1v) is 6.28. The van der Waals surface area contributed by atoms with Crippen molar-refractivity contribution >= 4 is 5.91 Å². The zero-order chi connectivity index (χ0) is 10.8. The van der Waals surface area contributed by atoms with Gasteiger partial charge in [0.15, 0.2) is 0 Å². The Bertz CT molecular complexity index is 304. The number of carbonyl (C=O) groups is 1. The molecule has 3 saturated carbocycles. The molecule has 0 heterocycles. The first-order chi connectivity index (χ1) is 6.97. The molecule has 15 heavy (non-hydrogen) atoms. The Kier molecular flexibility index (Phi) is 1.79. The van der Waals surface area contributed by atoms with E-state index in [2.05, 4.69) is 5.32 Å². The SMILES string of the molecule is CC(C)(C)C(=O)NC1CC2CC1C1CC21. The van der Waals surface area contributed by atoms with Gasteiger partial charge in [-0.2, -0.15) is 0 Å². The number of hydrogen-bond acceptors (Lipinski definition) is 1. The molecule has 84 valence electrons. The Labute approximate surface area is 91.8 Å². The molecule has 0 radical (unpaired) electrons. The Balaban J connectivity index is 1.64. The molecule has 0 aromatic heterocycles. The van der Waals surface area contributed by atoms with Crippen LogP contribution in [0.3, 0.4) is 0 Å². The number of nitrogens with one attached hydrogen (secondary N) is 1. The molecular formula is C13H21NO. The maximum absolute atomic E-state index is 11.9. The van der Waals surface area contributed by atoms with Gasteiger partial charge >= 0.3 is 0 Å². The van der Waals surface area contributed by atoms with Gasteiger partial charge in [0.1, 0.15) is 0 Å². The standard InChI is InChI=1S/C13H21NO/c1-13(2,3)12(15)14-11-5-7-4-10(11)9-6-8(7)9/h7-11H,4-6H2,1-3H3,(H,14,15). The van der Waals surface area contributed by atoms with Crippen molar-refractivity contribution in [3.05, 3.63) is 0 Å². The third kappa shape index (κ3) is 1.41. The molecule has 3 rings (SSSR count). The van der Waals surface area contributed by atoms with Crippen LogP contribution >= 0.6 is 0 Å². The lowest BCUT2D eigenvalue weighted by Gasteiger charge is -2.27. The number of carbonyl (C=O) groups excluding carboxylic acids is 1. The molecule has 2 bridgehead atoms. The first kappa shape index (κ1) is 9.68. The highest BCUT2D eigenvalue weighted by molar-refractivity contribution is 5.81. The molecule has 0 aromatic rings. The fourth-order valence-electron chi connectivity index (χ4n) is 3.75. The molecule has 2 nitrogen and oxygen atoms in total. The lowest BCUT2D eigenvalue weighted by molar-refractivity contribution is -0.129. The monoisotopic (exact) mass is 207 g/mol. The van der Waals surface area contributed by atoms with E-state index in [1.54, 1.807) is 0 Å². The third-order valence-corrected chi connectivity index (χ3v) is 4.69. The van der Waals surface area contributed by atoms with Crippen molar-refractivity contribution in [1.82, 2.24) is 5.32 Å². The van der Waals surface area contributed by atoms with Crippen LogP contribution in [0.5, 0.6) is 0 Å². The minimum atomic E-state index is -0.231. The Morgan fingerprint density at radius 3 is 2.33 bits per heavy atom. The van der Waals surface area contributed by atoms with Crippen LogP contribution < -0.4 is 5.32 Å². The smallest absolute Gasteiger partial charge is 0.225 e. The number of hydrogen-bond donors (Lipinski definition) is 1. The summed E-state index contributed by atoms with van der Waals surface area (Å²) in [6.07, 6.45) is 4.11. The fraction of sp³-hybridized carbons (Fsp3) is 0.923. The summed E-state index contributed by atoms with van der Waals surface area (Å²) >= 11 is 0. The molecule has 0 saturated heterocycles. The number of rotatable bonds is 1. The normalized spacial score (nSPS) is 46.5. The van der Waals surface area contributed by atoms with E-state index in [9.17, 15) is 4.79 Å². The van der Waals surface area contributed by atoms with Gasteiger partial charge < -0.3 is 5.32 Å². The summed E-state index contributed by atoms with van der Waals surface area (Å²) in [7, 11) is 0. The van der Waals surface area contributed by atoms with Crippen molar-refractivity contribution in [3.63, 3.8) is 0 Å². The summed E-state index contributed by atoms with van der Waals surface area (Å²) in [5, 5.41) is 3.27. The second-order valence-corrected chi connectivity index (χ2v) is 6.79. The van der Waals surface area contributed by atoms with Crippen LogP contribution in [0.2, 0.25) is 0 Å². The molecular weight excluding hydrogens is 186 g/mol. The minimum absolute atomic E-state index is 0.231. The number of amides is 1. The minimum Gasteiger partial charge on any atom is -0.353 e. The topological polar surface area (TPSA) is 29.1 Å².